The summed E-state index contributed by atoms with van der Waals surface area (Å²) in [6.07, 6.45) is 14.2. The van der Waals surface area contributed by atoms with Crippen LogP contribution >= 0.6 is 11.6 Å². The summed E-state index contributed by atoms with van der Waals surface area (Å²) in [5, 5.41) is 30.0. The maximum atomic E-state index is 15.8. The van der Waals surface area contributed by atoms with Gasteiger partial charge in [-0.2, -0.15) is 5.26 Å². The van der Waals surface area contributed by atoms with Crippen molar-refractivity contribution in [2.24, 2.45) is 5.92 Å². The molecular formula is C56H69ClFN9O10. The van der Waals surface area contributed by atoms with E-state index in [1.165, 1.54) is 6.07 Å². The van der Waals surface area contributed by atoms with Gasteiger partial charge in [-0.25, -0.2) is 9.29 Å². The van der Waals surface area contributed by atoms with E-state index in [2.05, 4.69) is 25.3 Å². The highest BCUT2D eigenvalue weighted by molar-refractivity contribution is 6.31. The molecule has 1 atom stereocenters. The number of piperazine rings is 1. The lowest BCUT2D eigenvalue weighted by Gasteiger charge is -2.39. The lowest BCUT2D eigenvalue weighted by Crippen LogP contribution is -2.56. The second-order valence-electron chi connectivity index (χ2n) is 20.9. The molecule has 4 aliphatic heterocycles. The molecule has 1 aromatic heterocycles. The van der Waals surface area contributed by atoms with Gasteiger partial charge >= 0.3 is 11.9 Å². The molecule has 412 valence electrons. The molecule has 19 nitrogen and oxygen atoms in total. The second-order valence-corrected chi connectivity index (χ2v) is 21.3. The van der Waals surface area contributed by atoms with E-state index in [1.54, 1.807) is 24.3 Å². The van der Waals surface area contributed by atoms with Gasteiger partial charge in [-0.15, -0.1) is 10.2 Å². The average molecular weight is 1080 g/mol. The van der Waals surface area contributed by atoms with E-state index in [0.717, 1.165) is 131 Å². The van der Waals surface area contributed by atoms with Crippen molar-refractivity contribution in [1.82, 2.24) is 30.2 Å². The van der Waals surface area contributed by atoms with Crippen LogP contribution in [0.25, 0.3) is 0 Å². The number of halogens is 2. The normalized spacial score (nSPS) is 20.3. The third kappa shape index (κ3) is 14.9. The molecule has 0 spiro atoms. The number of carbonyl (C=O) groups is 7. The zero-order valence-corrected chi connectivity index (χ0v) is 44.4. The van der Waals surface area contributed by atoms with E-state index in [0.29, 0.717) is 61.3 Å². The predicted molar refractivity (Wildman–Crippen MR) is 282 cm³/mol. The lowest BCUT2D eigenvalue weighted by molar-refractivity contribution is -0.163. The highest BCUT2D eigenvalue weighted by atomic mass is 35.5. The van der Waals surface area contributed by atoms with Crippen molar-refractivity contribution in [3.05, 3.63) is 75.7 Å². The smallest absolute Gasteiger partial charge is 0.307 e. The summed E-state index contributed by atoms with van der Waals surface area (Å²) in [7, 11) is 0. The minimum Gasteiger partial charge on any atom is -0.490 e. The lowest BCUT2D eigenvalue weighted by atomic mass is 9.93. The molecule has 5 amide bonds. The van der Waals surface area contributed by atoms with Crippen LogP contribution in [0.2, 0.25) is 5.02 Å². The highest BCUT2D eigenvalue weighted by Crippen LogP contribution is 2.35. The van der Waals surface area contributed by atoms with Crippen molar-refractivity contribution in [2.45, 2.75) is 147 Å². The van der Waals surface area contributed by atoms with Crippen LogP contribution < -0.4 is 19.9 Å². The van der Waals surface area contributed by atoms with Crippen LogP contribution in [0.15, 0.2) is 42.5 Å². The Hall–Kier alpha value is -6.72. The molecule has 5 heterocycles. The fourth-order valence-corrected chi connectivity index (χ4v) is 11.3. The number of rotatable bonds is 24. The Morgan fingerprint density at radius 2 is 1.40 bits per heavy atom. The number of nitriles is 1. The van der Waals surface area contributed by atoms with E-state index < -0.39 is 54.2 Å². The summed E-state index contributed by atoms with van der Waals surface area (Å²) >= 11 is 6.16. The molecule has 8 rings (SSSR count). The van der Waals surface area contributed by atoms with E-state index in [1.807, 2.05) is 17.0 Å². The molecule has 2 aromatic carbocycles. The van der Waals surface area contributed by atoms with Crippen molar-refractivity contribution in [1.29, 1.82) is 5.26 Å². The first-order valence-corrected chi connectivity index (χ1v) is 27.8. The van der Waals surface area contributed by atoms with Crippen LogP contribution in [0.4, 0.5) is 15.9 Å². The molecule has 0 bridgehead atoms. The van der Waals surface area contributed by atoms with Gasteiger partial charge in [0.15, 0.2) is 18.2 Å². The van der Waals surface area contributed by atoms with Crippen molar-refractivity contribution >= 4 is 64.6 Å². The molecule has 3 aromatic rings. The number of nitrogens with one attached hydrogen (secondary N) is 1. The van der Waals surface area contributed by atoms with Crippen LogP contribution in [0, 0.1) is 23.1 Å². The number of benzene rings is 2. The predicted octanol–water partition coefficient (Wildman–Crippen LogP) is 7.68. The van der Waals surface area contributed by atoms with Gasteiger partial charge in [0.25, 0.3) is 23.6 Å². The molecule has 4 fully saturated rings. The molecule has 1 unspecified atom stereocenters. The zero-order chi connectivity index (χ0) is 54.4. The van der Waals surface area contributed by atoms with Crippen LogP contribution in [0.1, 0.15) is 165 Å². The number of anilines is 2. The molecule has 1 aliphatic carbocycles. The third-order valence-corrected chi connectivity index (χ3v) is 15.9. The highest BCUT2D eigenvalue weighted by Gasteiger charge is 2.48. The maximum Gasteiger partial charge on any atom is 0.307 e. The number of aromatic nitrogens is 2. The third-order valence-electron chi connectivity index (χ3n) is 15.6. The van der Waals surface area contributed by atoms with Crippen molar-refractivity contribution in [3.8, 4) is 11.8 Å². The van der Waals surface area contributed by atoms with Crippen molar-refractivity contribution in [2.75, 3.05) is 62.3 Å². The molecular weight excluding hydrogens is 1010 g/mol. The van der Waals surface area contributed by atoms with Gasteiger partial charge in [0.2, 0.25) is 5.91 Å². The van der Waals surface area contributed by atoms with Crippen LogP contribution in [0.3, 0.4) is 0 Å². The quantitative estimate of drug-likeness (QED) is 0.0497. The second kappa shape index (κ2) is 27.0. The molecule has 0 radical (unpaired) electrons. The Bertz CT molecular complexity index is 2660. The standard InChI is InChI=1S/C56H69ClFN9O10/c57-44-31-41(16-13-38(44)34-59)77-40-17-14-39(15-18-40)60-53(72)46-19-21-49(62-61-46)65-25-23-37(24-26-65)35-63-27-29-64(30-28-63)48-33-43-42(32-45(48)58)54(73)67(55(43)74)47-20-22-50(68)66(56(47)75)36-76-52(71)12-10-8-6-4-2-1-3-5-7-9-11-51(69)70/h13,16,19,21,31-33,37,39-40,47H,1-12,14-15,17-18,20,22-30,35-36H2,(H,60,72)(H,69,70). The number of unbranched alkanes of at least 4 members (excludes halogenated alkanes) is 9. The summed E-state index contributed by atoms with van der Waals surface area (Å²) in [5.41, 5.74) is 0.708. The summed E-state index contributed by atoms with van der Waals surface area (Å²) < 4.78 is 27.2. The van der Waals surface area contributed by atoms with E-state index in [-0.39, 0.29) is 66.2 Å². The topological polar surface area (TPSA) is 236 Å². The Morgan fingerprint density at radius 1 is 0.753 bits per heavy atom. The first-order valence-electron chi connectivity index (χ1n) is 27.4. The number of carboxylic acid groups (broad SMARTS) is 1. The zero-order valence-electron chi connectivity index (χ0n) is 43.6. The summed E-state index contributed by atoms with van der Waals surface area (Å²) in [6.45, 7) is 4.15. The minimum atomic E-state index is -1.31. The van der Waals surface area contributed by atoms with Crippen LogP contribution in [-0.2, 0) is 23.9 Å². The Kier molecular flexibility index (Phi) is 19.8. The van der Waals surface area contributed by atoms with Gasteiger partial charge in [-0.1, -0.05) is 63.0 Å². The van der Waals surface area contributed by atoms with Gasteiger partial charge in [0.05, 0.1) is 33.5 Å². The maximum absolute atomic E-state index is 15.8. The Balaban J connectivity index is 0.723. The number of likely N-dealkylation sites (tertiary alicyclic amines) is 1. The van der Waals surface area contributed by atoms with Crippen molar-refractivity contribution in [3.63, 3.8) is 0 Å². The monoisotopic (exact) mass is 1080 g/mol. The molecule has 1 saturated carbocycles. The van der Waals surface area contributed by atoms with Gasteiger partial charge in [-0.05, 0) is 100 Å². The minimum absolute atomic E-state index is 0.00632. The number of carboxylic acids is 1. The number of hydrogen-bond donors (Lipinski definition) is 2. The van der Waals surface area contributed by atoms with Gasteiger partial charge < -0.3 is 29.7 Å². The summed E-state index contributed by atoms with van der Waals surface area (Å²) in [5.74, 6) is -3.43. The number of hydrogen-bond acceptors (Lipinski definition) is 15. The SMILES string of the molecule is N#Cc1ccc(OC2CCC(NC(=O)c3ccc(N4CCC(CN5CCN(c6cc7c(cc6F)C(=O)N(C6CCC(=O)N(COC(=O)CCCCCCCCCCCCC(=O)O)C6=O)C7=O)CC5)CC4)nn3)CC2)cc1Cl. The molecule has 2 N–H and O–H groups in total. The number of ether oxygens (including phenoxy) is 2. The van der Waals surface area contributed by atoms with Gasteiger partial charge in [0.1, 0.15) is 23.7 Å². The molecule has 21 heteroatoms. The van der Waals surface area contributed by atoms with Crippen molar-refractivity contribution < 1.29 is 52.5 Å². The number of amides is 5. The molecule has 3 saturated heterocycles. The van der Waals surface area contributed by atoms with Gasteiger partial charge in [0, 0.05) is 77.2 Å². The van der Waals surface area contributed by atoms with Gasteiger partial charge in [-0.3, -0.25) is 43.4 Å². The first kappa shape index (κ1) is 56.5. The molecule has 5 aliphatic rings. The number of imide groups is 2. The fourth-order valence-electron chi connectivity index (χ4n) is 11.1. The number of carbonyl (C=O) groups excluding carboxylic acids is 6. The Labute approximate surface area is 453 Å². The largest absolute Gasteiger partial charge is 0.490 e. The number of nitrogens with zero attached hydrogens (tertiary/aromatic N) is 8. The van der Waals surface area contributed by atoms with Crippen LogP contribution in [0.5, 0.6) is 5.75 Å². The van der Waals surface area contributed by atoms with E-state index >= 15 is 4.39 Å². The van der Waals surface area contributed by atoms with E-state index in [4.69, 9.17) is 31.4 Å². The average Bonchev–Trinajstić information content (AvgIpc) is 3.72. The fraction of sp³-hybridized carbons (Fsp3) is 0.571. The number of aliphatic carboxylic acids is 1. The Morgan fingerprint density at radius 3 is 2.03 bits per heavy atom. The summed E-state index contributed by atoms with van der Waals surface area (Å²) in [4.78, 5) is 98.3. The number of esters is 1. The summed E-state index contributed by atoms with van der Waals surface area (Å²) in [6, 6.07) is 11.8. The number of piperidine rings is 2. The number of fused-ring (bicyclic) bond motifs is 1. The van der Waals surface area contributed by atoms with E-state index in [9.17, 15) is 33.6 Å². The first-order chi connectivity index (χ1) is 37.3. The molecule has 77 heavy (non-hydrogen) atoms. The van der Waals surface area contributed by atoms with Crippen LogP contribution in [-0.4, -0.2) is 142 Å².